The highest BCUT2D eigenvalue weighted by Crippen LogP contribution is 2.10. The smallest absolute Gasteiger partial charge is 0.271 e. The number of anilines is 1. The summed E-state index contributed by atoms with van der Waals surface area (Å²) in [6, 6.07) is 14.1. The summed E-state index contributed by atoms with van der Waals surface area (Å²) in [5.41, 5.74) is 4.43. The summed E-state index contributed by atoms with van der Waals surface area (Å²) in [7, 11) is 0. The Morgan fingerprint density at radius 3 is 2.50 bits per heavy atom. The van der Waals surface area contributed by atoms with Crippen LogP contribution in [0.15, 0.2) is 58.1 Å². The molecule has 0 aliphatic carbocycles. The molecular formula is C16H14BrN3O2. The highest BCUT2D eigenvalue weighted by molar-refractivity contribution is 9.10. The SMILES string of the molecule is CC(=O)Nc1ccc(C(=O)N/N=C/c2cccc(Br)c2)cc1. The lowest BCUT2D eigenvalue weighted by molar-refractivity contribution is -0.114. The number of nitrogens with one attached hydrogen (secondary N) is 2. The monoisotopic (exact) mass is 359 g/mol. The predicted molar refractivity (Wildman–Crippen MR) is 89.9 cm³/mol. The van der Waals surface area contributed by atoms with Crippen molar-refractivity contribution in [1.82, 2.24) is 5.43 Å². The van der Waals surface area contributed by atoms with E-state index < -0.39 is 0 Å². The summed E-state index contributed by atoms with van der Waals surface area (Å²) in [5, 5.41) is 6.55. The first-order valence-corrected chi connectivity index (χ1v) is 7.30. The molecule has 2 amide bonds. The van der Waals surface area contributed by atoms with Gasteiger partial charge in [-0.15, -0.1) is 0 Å². The van der Waals surface area contributed by atoms with Crippen molar-refractivity contribution in [2.24, 2.45) is 5.10 Å². The van der Waals surface area contributed by atoms with Crippen LogP contribution >= 0.6 is 15.9 Å². The van der Waals surface area contributed by atoms with Gasteiger partial charge in [0.15, 0.2) is 0 Å². The van der Waals surface area contributed by atoms with E-state index in [0.717, 1.165) is 10.0 Å². The minimum Gasteiger partial charge on any atom is -0.326 e. The lowest BCUT2D eigenvalue weighted by Gasteiger charge is -2.03. The lowest BCUT2D eigenvalue weighted by Crippen LogP contribution is -2.17. The summed E-state index contributed by atoms with van der Waals surface area (Å²) in [4.78, 5) is 22.8. The fourth-order valence-corrected chi connectivity index (χ4v) is 2.14. The van der Waals surface area contributed by atoms with Crippen molar-refractivity contribution in [2.45, 2.75) is 6.92 Å². The summed E-state index contributed by atoms with van der Waals surface area (Å²) < 4.78 is 0.941. The number of amides is 2. The quantitative estimate of drug-likeness (QED) is 0.650. The lowest BCUT2D eigenvalue weighted by atomic mass is 10.2. The van der Waals surface area contributed by atoms with Crippen LogP contribution in [0.2, 0.25) is 0 Å². The van der Waals surface area contributed by atoms with Gasteiger partial charge >= 0.3 is 0 Å². The molecule has 0 spiro atoms. The van der Waals surface area contributed by atoms with Crippen LogP contribution in [0.3, 0.4) is 0 Å². The van der Waals surface area contributed by atoms with Crippen molar-refractivity contribution < 1.29 is 9.59 Å². The molecule has 0 heterocycles. The van der Waals surface area contributed by atoms with Crippen LogP contribution in [-0.2, 0) is 4.79 Å². The largest absolute Gasteiger partial charge is 0.326 e. The molecule has 0 saturated carbocycles. The Hall–Kier alpha value is -2.47. The average Bonchev–Trinajstić information content (AvgIpc) is 2.47. The molecular weight excluding hydrogens is 346 g/mol. The van der Waals surface area contributed by atoms with E-state index in [-0.39, 0.29) is 11.8 Å². The van der Waals surface area contributed by atoms with E-state index in [1.54, 1.807) is 30.5 Å². The number of carbonyl (C=O) groups excluding carboxylic acids is 2. The van der Waals surface area contributed by atoms with E-state index in [1.807, 2.05) is 24.3 Å². The third-order valence-corrected chi connectivity index (χ3v) is 3.19. The number of benzene rings is 2. The van der Waals surface area contributed by atoms with Gasteiger partial charge in [0.05, 0.1) is 6.21 Å². The van der Waals surface area contributed by atoms with Gasteiger partial charge in [0.2, 0.25) is 5.91 Å². The molecule has 22 heavy (non-hydrogen) atoms. The van der Waals surface area contributed by atoms with Gasteiger partial charge in [-0.3, -0.25) is 9.59 Å². The maximum Gasteiger partial charge on any atom is 0.271 e. The van der Waals surface area contributed by atoms with Crippen LogP contribution in [0.5, 0.6) is 0 Å². The van der Waals surface area contributed by atoms with Gasteiger partial charge in [0.1, 0.15) is 0 Å². The first-order chi connectivity index (χ1) is 10.5. The minimum absolute atomic E-state index is 0.157. The topological polar surface area (TPSA) is 70.6 Å². The van der Waals surface area contributed by atoms with Crippen LogP contribution in [0.25, 0.3) is 0 Å². The van der Waals surface area contributed by atoms with Crippen molar-refractivity contribution in [3.63, 3.8) is 0 Å². The van der Waals surface area contributed by atoms with Gasteiger partial charge < -0.3 is 5.32 Å². The van der Waals surface area contributed by atoms with Crippen molar-refractivity contribution in [1.29, 1.82) is 0 Å². The highest BCUT2D eigenvalue weighted by atomic mass is 79.9. The number of hydrazone groups is 1. The number of hydrogen-bond acceptors (Lipinski definition) is 3. The Morgan fingerprint density at radius 2 is 1.86 bits per heavy atom. The average molecular weight is 360 g/mol. The molecule has 0 aliphatic heterocycles. The van der Waals surface area contributed by atoms with Crippen molar-refractivity contribution in [2.75, 3.05) is 5.32 Å². The van der Waals surface area contributed by atoms with Gasteiger partial charge in [-0.2, -0.15) is 5.10 Å². The van der Waals surface area contributed by atoms with E-state index in [1.165, 1.54) is 6.92 Å². The Labute approximate surface area is 136 Å². The van der Waals surface area contributed by atoms with E-state index in [2.05, 4.69) is 31.8 Å². The fourth-order valence-electron chi connectivity index (χ4n) is 1.73. The Kier molecular flexibility index (Phi) is 5.43. The van der Waals surface area contributed by atoms with E-state index in [4.69, 9.17) is 0 Å². The molecule has 0 saturated heterocycles. The zero-order valence-electron chi connectivity index (χ0n) is 11.8. The van der Waals surface area contributed by atoms with Gasteiger partial charge in [-0.1, -0.05) is 28.1 Å². The first-order valence-electron chi connectivity index (χ1n) is 6.51. The Bertz CT molecular complexity index is 712. The van der Waals surface area contributed by atoms with Crippen molar-refractivity contribution in [3.05, 3.63) is 64.1 Å². The summed E-state index contributed by atoms with van der Waals surface area (Å²) >= 11 is 3.36. The van der Waals surface area contributed by atoms with Crippen LogP contribution in [-0.4, -0.2) is 18.0 Å². The maximum absolute atomic E-state index is 11.9. The number of hydrogen-bond donors (Lipinski definition) is 2. The van der Waals surface area contributed by atoms with Crippen molar-refractivity contribution >= 4 is 39.6 Å². The predicted octanol–water partition coefficient (Wildman–Crippen LogP) is 3.17. The van der Waals surface area contributed by atoms with E-state index in [9.17, 15) is 9.59 Å². The molecule has 112 valence electrons. The Balaban J connectivity index is 1.96. The normalized spacial score (nSPS) is 10.5. The second kappa shape index (κ2) is 7.51. The molecule has 0 fully saturated rings. The van der Waals surface area contributed by atoms with Crippen molar-refractivity contribution in [3.8, 4) is 0 Å². The molecule has 6 heteroatoms. The summed E-state index contributed by atoms with van der Waals surface area (Å²) in [6.07, 6.45) is 1.56. The standard InChI is InChI=1S/C16H14BrN3O2/c1-11(21)19-15-7-5-13(6-8-15)16(22)20-18-10-12-3-2-4-14(17)9-12/h2-10H,1H3,(H,19,21)(H,20,22)/b18-10+. The van der Waals surface area contributed by atoms with Gasteiger partial charge in [-0.05, 0) is 42.0 Å². The van der Waals surface area contributed by atoms with Crippen LogP contribution < -0.4 is 10.7 Å². The van der Waals surface area contributed by atoms with Crippen LogP contribution in [0.1, 0.15) is 22.8 Å². The van der Waals surface area contributed by atoms with Gasteiger partial charge in [-0.25, -0.2) is 5.43 Å². The number of nitrogens with zero attached hydrogens (tertiary/aromatic N) is 1. The van der Waals surface area contributed by atoms with Gasteiger partial charge in [0, 0.05) is 22.6 Å². The third-order valence-electron chi connectivity index (χ3n) is 2.70. The zero-order valence-corrected chi connectivity index (χ0v) is 13.4. The molecule has 0 unspecified atom stereocenters. The van der Waals surface area contributed by atoms with Crippen LogP contribution in [0, 0.1) is 0 Å². The Morgan fingerprint density at radius 1 is 1.14 bits per heavy atom. The second-order valence-electron chi connectivity index (χ2n) is 4.51. The third kappa shape index (κ3) is 4.82. The first kappa shape index (κ1) is 15.9. The van der Waals surface area contributed by atoms with E-state index in [0.29, 0.717) is 11.3 Å². The molecule has 0 aliphatic rings. The number of carbonyl (C=O) groups is 2. The van der Waals surface area contributed by atoms with Gasteiger partial charge in [0.25, 0.3) is 5.91 Å². The summed E-state index contributed by atoms with van der Waals surface area (Å²) in [5.74, 6) is -0.476. The number of rotatable bonds is 4. The molecule has 0 atom stereocenters. The summed E-state index contributed by atoms with van der Waals surface area (Å²) in [6.45, 7) is 1.43. The van der Waals surface area contributed by atoms with Crippen LogP contribution in [0.4, 0.5) is 5.69 Å². The molecule has 2 N–H and O–H groups in total. The molecule has 0 aromatic heterocycles. The maximum atomic E-state index is 11.9. The molecule has 2 rings (SSSR count). The molecule has 0 radical (unpaired) electrons. The highest BCUT2D eigenvalue weighted by Gasteiger charge is 2.04. The van der Waals surface area contributed by atoms with E-state index >= 15 is 0 Å². The second-order valence-corrected chi connectivity index (χ2v) is 5.43. The number of halogens is 1. The molecule has 0 bridgehead atoms. The zero-order chi connectivity index (χ0) is 15.9. The molecule has 5 nitrogen and oxygen atoms in total. The minimum atomic E-state index is -0.319. The molecule has 2 aromatic rings. The fraction of sp³-hybridized carbons (Fsp3) is 0.0625. The molecule has 2 aromatic carbocycles.